The standard InChI is InChI=1S/C12H16Cl2N2S/c13-8-4-5-10(14)9(7-8)12(16-15)11-3-1-2-6-17-11/h4-5,7,11-12,16H,1-3,6,15H2. The average Bonchev–Trinajstić information content (AvgIpc) is 2.36. The quantitative estimate of drug-likeness (QED) is 0.657. The Balaban J connectivity index is 2.24. The average molecular weight is 291 g/mol. The van der Waals surface area contributed by atoms with Gasteiger partial charge in [-0.1, -0.05) is 29.6 Å². The van der Waals surface area contributed by atoms with Crippen molar-refractivity contribution in [2.24, 2.45) is 5.84 Å². The summed E-state index contributed by atoms with van der Waals surface area (Å²) in [5.41, 5.74) is 3.89. The molecule has 1 heterocycles. The molecule has 0 saturated carbocycles. The summed E-state index contributed by atoms with van der Waals surface area (Å²) in [7, 11) is 0. The van der Waals surface area contributed by atoms with Crippen LogP contribution in [0.5, 0.6) is 0 Å². The molecule has 5 heteroatoms. The lowest BCUT2D eigenvalue weighted by Gasteiger charge is -2.30. The lowest BCUT2D eigenvalue weighted by molar-refractivity contribution is 0.492. The molecule has 2 atom stereocenters. The van der Waals surface area contributed by atoms with Gasteiger partial charge in [-0.25, -0.2) is 0 Å². The molecule has 2 rings (SSSR count). The van der Waals surface area contributed by atoms with E-state index in [1.54, 1.807) is 6.07 Å². The molecule has 0 radical (unpaired) electrons. The summed E-state index contributed by atoms with van der Waals surface area (Å²) in [5, 5.41) is 1.90. The first kappa shape index (κ1) is 13.5. The van der Waals surface area contributed by atoms with Crippen molar-refractivity contribution < 1.29 is 0 Å². The van der Waals surface area contributed by atoms with E-state index >= 15 is 0 Å². The Labute approximate surface area is 116 Å². The predicted molar refractivity (Wildman–Crippen MR) is 76.6 cm³/mol. The van der Waals surface area contributed by atoms with Gasteiger partial charge in [0.2, 0.25) is 0 Å². The minimum absolute atomic E-state index is 0.0755. The summed E-state index contributed by atoms with van der Waals surface area (Å²) in [4.78, 5) is 0. The number of thioether (sulfide) groups is 1. The fraction of sp³-hybridized carbons (Fsp3) is 0.500. The van der Waals surface area contributed by atoms with Gasteiger partial charge in [-0.3, -0.25) is 11.3 Å². The molecule has 1 aromatic carbocycles. The van der Waals surface area contributed by atoms with Gasteiger partial charge in [0.05, 0.1) is 6.04 Å². The van der Waals surface area contributed by atoms with Gasteiger partial charge in [-0.05, 0) is 42.4 Å². The molecule has 1 saturated heterocycles. The predicted octanol–water partition coefficient (Wildman–Crippen LogP) is 3.78. The zero-order chi connectivity index (χ0) is 12.3. The number of hydrogen-bond donors (Lipinski definition) is 2. The highest BCUT2D eigenvalue weighted by Crippen LogP contribution is 2.37. The third-order valence-corrected chi connectivity index (χ3v) is 5.10. The van der Waals surface area contributed by atoms with E-state index in [4.69, 9.17) is 29.0 Å². The summed E-state index contributed by atoms with van der Waals surface area (Å²) in [6, 6.07) is 5.61. The van der Waals surface area contributed by atoms with Crippen LogP contribution in [-0.2, 0) is 0 Å². The Morgan fingerprint density at radius 3 is 2.82 bits per heavy atom. The molecule has 2 unspecified atom stereocenters. The molecule has 1 aliphatic rings. The normalized spacial score (nSPS) is 22.4. The fourth-order valence-corrected chi connectivity index (χ4v) is 4.02. The largest absolute Gasteiger partial charge is 0.271 e. The van der Waals surface area contributed by atoms with Gasteiger partial charge in [0.15, 0.2) is 0 Å². The maximum absolute atomic E-state index is 6.23. The maximum atomic E-state index is 6.23. The van der Waals surface area contributed by atoms with Crippen molar-refractivity contribution >= 4 is 35.0 Å². The first-order valence-corrected chi connectivity index (χ1v) is 7.55. The van der Waals surface area contributed by atoms with Gasteiger partial charge in [0.25, 0.3) is 0 Å². The molecule has 0 bridgehead atoms. The molecule has 1 aliphatic heterocycles. The zero-order valence-electron chi connectivity index (χ0n) is 9.46. The lowest BCUT2D eigenvalue weighted by atomic mass is 10.00. The number of benzene rings is 1. The highest BCUT2D eigenvalue weighted by Gasteiger charge is 2.26. The van der Waals surface area contributed by atoms with E-state index in [2.05, 4.69) is 5.43 Å². The second-order valence-corrected chi connectivity index (χ2v) is 6.41. The third kappa shape index (κ3) is 3.30. The van der Waals surface area contributed by atoms with Crippen LogP contribution in [0.3, 0.4) is 0 Å². The van der Waals surface area contributed by atoms with Crippen LogP contribution in [0, 0.1) is 0 Å². The van der Waals surface area contributed by atoms with Gasteiger partial charge in [-0.2, -0.15) is 11.8 Å². The molecule has 1 fully saturated rings. The summed E-state index contributed by atoms with van der Waals surface area (Å²) >= 11 is 14.2. The van der Waals surface area contributed by atoms with Crippen LogP contribution < -0.4 is 11.3 Å². The first-order chi connectivity index (χ1) is 8.22. The molecular weight excluding hydrogens is 275 g/mol. The van der Waals surface area contributed by atoms with Crippen molar-refractivity contribution in [1.82, 2.24) is 5.43 Å². The molecule has 0 amide bonds. The van der Waals surface area contributed by atoms with Crippen molar-refractivity contribution in [2.45, 2.75) is 30.6 Å². The van der Waals surface area contributed by atoms with E-state index in [1.807, 2.05) is 23.9 Å². The van der Waals surface area contributed by atoms with Crippen molar-refractivity contribution in [3.8, 4) is 0 Å². The number of nitrogens with two attached hydrogens (primary N) is 1. The molecule has 0 aromatic heterocycles. The molecule has 94 valence electrons. The lowest BCUT2D eigenvalue weighted by Crippen LogP contribution is -2.36. The van der Waals surface area contributed by atoms with Crippen LogP contribution in [0.25, 0.3) is 0 Å². The van der Waals surface area contributed by atoms with E-state index in [9.17, 15) is 0 Å². The van der Waals surface area contributed by atoms with E-state index in [0.717, 1.165) is 10.6 Å². The molecule has 0 aliphatic carbocycles. The second kappa shape index (κ2) is 6.30. The number of rotatable bonds is 3. The highest BCUT2D eigenvalue weighted by molar-refractivity contribution is 8.00. The SMILES string of the molecule is NNC(c1cc(Cl)ccc1Cl)C1CCCCS1. The van der Waals surface area contributed by atoms with Crippen LogP contribution in [-0.4, -0.2) is 11.0 Å². The topological polar surface area (TPSA) is 38.0 Å². The Morgan fingerprint density at radius 1 is 1.35 bits per heavy atom. The highest BCUT2D eigenvalue weighted by atomic mass is 35.5. The number of hydrogen-bond acceptors (Lipinski definition) is 3. The minimum Gasteiger partial charge on any atom is -0.271 e. The van der Waals surface area contributed by atoms with Crippen molar-refractivity contribution in [3.63, 3.8) is 0 Å². The molecule has 0 spiro atoms. The van der Waals surface area contributed by atoms with Crippen LogP contribution in [0.15, 0.2) is 18.2 Å². The maximum Gasteiger partial charge on any atom is 0.0593 e. The van der Waals surface area contributed by atoms with E-state index in [0.29, 0.717) is 10.3 Å². The first-order valence-electron chi connectivity index (χ1n) is 5.75. The number of nitrogens with one attached hydrogen (secondary N) is 1. The van der Waals surface area contributed by atoms with Crippen molar-refractivity contribution in [2.75, 3.05) is 5.75 Å². The van der Waals surface area contributed by atoms with Crippen molar-refractivity contribution in [1.29, 1.82) is 0 Å². The van der Waals surface area contributed by atoms with Gasteiger partial charge in [0, 0.05) is 15.3 Å². The molecule has 3 N–H and O–H groups in total. The van der Waals surface area contributed by atoms with E-state index < -0.39 is 0 Å². The van der Waals surface area contributed by atoms with Crippen LogP contribution in [0.1, 0.15) is 30.9 Å². The van der Waals surface area contributed by atoms with Crippen molar-refractivity contribution in [3.05, 3.63) is 33.8 Å². The Morgan fingerprint density at radius 2 is 2.18 bits per heavy atom. The summed E-state index contributed by atoms with van der Waals surface area (Å²) in [6.07, 6.45) is 3.72. The van der Waals surface area contributed by atoms with E-state index in [-0.39, 0.29) is 6.04 Å². The van der Waals surface area contributed by atoms with Gasteiger partial charge in [-0.15, -0.1) is 0 Å². The number of hydrazine groups is 1. The molecule has 2 nitrogen and oxygen atoms in total. The van der Waals surface area contributed by atoms with Gasteiger partial charge in [0.1, 0.15) is 0 Å². The smallest absolute Gasteiger partial charge is 0.0593 e. The van der Waals surface area contributed by atoms with Crippen LogP contribution in [0.2, 0.25) is 10.0 Å². The molecule has 1 aromatic rings. The van der Waals surface area contributed by atoms with E-state index in [1.165, 1.54) is 25.0 Å². The Bertz CT molecular complexity index is 381. The third-order valence-electron chi connectivity index (χ3n) is 3.06. The summed E-state index contributed by atoms with van der Waals surface area (Å²) < 4.78 is 0. The monoisotopic (exact) mass is 290 g/mol. The molecular formula is C12H16Cl2N2S. The minimum atomic E-state index is 0.0755. The second-order valence-electron chi connectivity index (χ2n) is 4.22. The van der Waals surface area contributed by atoms with Gasteiger partial charge >= 0.3 is 0 Å². The molecule has 17 heavy (non-hydrogen) atoms. The summed E-state index contributed by atoms with van der Waals surface area (Å²) in [6.45, 7) is 0. The Kier molecular flexibility index (Phi) is 5.00. The van der Waals surface area contributed by atoms with Crippen LogP contribution >= 0.6 is 35.0 Å². The zero-order valence-corrected chi connectivity index (χ0v) is 11.8. The van der Waals surface area contributed by atoms with Gasteiger partial charge < -0.3 is 0 Å². The van der Waals surface area contributed by atoms with Crippen LogP contribution in [0.4, 0.5) is 0 Å². The Hall–Kier alpha value is 0.0700. The number of halogens is 2. The fourth-order valence-electron chi connectivity index (χ4n) is 2.18. The summed E-state index contributed by atoms with van der Waals surface area (Å²) in [5.74, 6) is 6.89.